The first-order chi connectivity index (χ1) is 8.56. The van der Waals surface area contributed by atoms with Crippen molar-refractivity contribution in [3.8, 4) is 0 Å². The Bertz CT molecular complexity index is 598. The van der Waals surface area contributed by atoms with Crippen LogP contribution in [0.2, 0.25) is 0 Å². The molecule has 2 aromatic rings. The molecule has 0 aliphatic carbocycles. The molecule has 1 N–H and O–H groups in total. The van der Waals surface area contributed by atoms with Crippen molar-refractivity contribution >= 4 is 34.2 Å². The molecule has 2 aromatic carbocycles. The molecule has 0 aromatic heterocycles. The minimum atomic E-state index is -0.415. The van der Waals surface area contributed by atoms with Crippen LogP contribution in [0.4, 0.5) is 10.1 Å². The molecule has 0 spiro atoms. The summed E-state index contributed by atoms with van der Waals surface area (Å²) < 4.78 is 14.1. The quantitative estimate of drug-likeness (QED) is 0.811. The molecule has 0 aliphatic rings. The molecule has 2 rings (SSSR count). The van der Waals surface area contributed by atoms with E-state index in [0.717, 1.165) is 14.8 Å². The van der Waals surface area contributed by atoms with E-state index in [4.69, 9.17) is 0 Å². The van der Waals surface area contributed by atoms with Crippen LogP contribution in [0, 0.1) is 16.3 Å². The maximum atomic E-state index is 13.0. The number of carbonyl (C=O) groups is 1. The van der Waals surface area contributed by atoms with Crippen LogP contribution in [-0.4, -0.2) is 5.91 Å². The predicted octanol–water partition coefficient (Wildman–Crippen LogP) is 3.99. The molecule has 4 heteroatoms. The number of nitrogens with one attached hydrogen (secondary N) is 1. The lowest BCUT2D eigenvalue weighted by atomic mass is 10.1. The summed E-state index contributed by atoms with van der Waals surface area (Å²) in [6.45, 7) is 1.92. The minimum absolute atomic E-state index is 0.307. The summed E-state index contributed by atoms with van der Waals surface area (Å²) in [7, 11) is 0. The van der Waals surface area contributed by atoms with Crippen LogP contribution >= 0.6 is 22.6 Å². The van der Waals surface area contributed by atoms with Crippen molar-refractivity contribution in [2.45, 2.75) is 6.92 Å². The summed E-state index contributed by atoms with van der Waals surface area (Å²) in [6.07, 6.45) is 0. The fraction of sp³-hybridized carbons (Fsp3) is 0.0714. The Hall–Kier alpha value is -1.43. The highest BCUT2D eigenvalue weighted by atomic mass is 127. The van der Waals surface area contributed by atoms with Gasteiger partial charge in [-0.25, -0.2) is 4.39 Å². The highest BCUT2D eigenvalue weighted by molar-refractivity contribution is 14.1. The normalized spacial score (nSPS) is 10.2. The van der Waals surface area contributed by atoms with Crippen LogP contribution in [0.15, 0.2) is 42.5 Å². The summed E-state index contributed by atoms with van der Waals surface area (Å²) in [5.41, 5.74) is 2.03. The minimum Gasteiger partial charge on any atom is -0.322 e. The number of halogens is 2. The van der Waals surface area contributed by atoms with Crippen LogP contribution in [0.3, 0.4) is 0 Å². The van der Waals surface area contributed by atoms with Gasteiger partial charge in [-0.2, -0.15) is 0 Å². The molecule has 18 heavy (non-hydrogen) atoms. The monoisotopic (exact) mass is 355 g/mol. The molecule has 0 saturated carbocycles. The van der Waals surface area contributed by atoms with E-state index < -0.39 is 5.82 Å². The predicted molar refractivity (Wildman–Crippen MR) is 78.2 cm³/mol. The highest BCUT2D eigenvalue weighted by Gasteiger charge is 2.08. The first-order valence-electron chi connectivity index (χ1n) is 5.39. The van der Waals surface area contributed by atoms with Gasteiger partial charge in [0.05, 0.1) is 0 Å². The van der Waals surface area contributed by atoms with E-state index in [1.54, 1.807) is 6.07 Å². The zero-order chi connectivity index (χ0) is 13.1. The summed E-state index contributed by atoms with van der Waals surface area (Å²) in [6, 6.07) is 11.4. The summed E-state index contributed by atoms with van der Waals surface area (Å²) in [5, 5.41) is 2.77. The van der Waals surface area contributed by atoms with Gasteiger partial charge >= 0.3 is 0 Å². The molecular weight excluding hydrogens is 344 g/mol. The Kier molecular flexibility index (Phi) is 3.96. The van der Waals surface area contributed by atoms with E-state index in [9.17, 15) is 9.18 Å². The summed E-state index contributed by atoms with van der Waals surface area (Å²) in [5.74, 6) is -0.721. The van der Waals surface area contributed by atoms with Gasteiger partial charge in [0.1, 0.15) is 5.82 Å². The third kappa shape index (κ3) is 3.07. The lowest BCUT2D eigenvalue weighted by Gasteiger charge is -2.08. The number of benzene rings is 2. The molecule has 0 unspecified atom stereocenters. The Morgan fingerprint density at radius 3 is 2.67 bits per heavy atom. The van der Waals surface area contributed by atoms with Crippen molar-refractivity contribution in [3.05, 3.63) is 63.0 Å². The van der Waals surface area contributed by atoms with Gasteiger partial charge in [0.2, 0.25) is 0 Å². The van der Waals surface area contributed by atoms with Crippen LogP contribution in [0.1, 0.15) is 15.9 Å². The molecule has 0 aliphatic heterocycles. The largest absolute Gasteiger partial charge is 0.322 e. The van der Waals surface area contributed by atoms with Gasteiger partial charge in [-0.15, -0.1) is 0 Å². The van der Waals surface area contributed by atoms with E-state index in [2.05, 4.69) is 27.9 Å². The first kappa shape index (κ1) is 13.0. The lowest BCUT2D eigenvalue weighted by molar-refractivity contribution is 0.102. The van der Waals surface area contributed by atoms with E-state index in [1.807, 2.05) is 25.1 Å². The van der Waals surface area contributed by atoms with Gasteiger partial charge in [0.15, 0.2) is 0 Å². The van der Waals surface area contributed by atoms with Crippen molar-refractivity contribution in [1.82, 2.24) is 0 Å². The fourth-order valence-corrected chi connectivity index (χ4v) is 2.24. The van der Waals surface area contributed by atoms with Crippen LogP contribution in [-0.2, 0) is 0 Å². The van der Waals surface area contributed by atoms with E-state index in [1.165, 1.54) is 18.2 Å². The van der Waals surface area contributed by atoms with Crippen molar-refractivity contribution in [2.24, 2.45) is 0 Å². The highest BCUT2D eigenvalue weighted by Crippen LogP contribution is 2.18. The molecule has 2 nitrogen and oxygen atoms in total. The Morgan fingerprint density at radius 1 is 1.22 bits per heavy atom. The molecule has 0 atom stereocenters. The SMILES string of the molecule is Cc1cc(I)ccc1NC(=O)c1cccc(F)c1. The van der Waals surface area contributed by atoms with E-state index in [0.29, 0.717) is 5.56 Å². The molecule has 92 valence electrons. The second-order valence-electron chi connectivity index (χ2n) is 3.92. The van der Waals surface area contributed by atoms with E-state index >= 15 is 0 Å². The zero-order valence-electron chi connectivity index (χ0n) is 9.71. The summed E-state index contributed by atoms with van der Waals surface area (Å²) >= 11 is 2.21. The zero-order valence-corrected chi connectivity index (χ0v) is 11.9. The van der Waals surface area contributed by atoms with Crippen molar-refractivity contribution in [2.75, 3.05) is 5.32 Å². The maximum Gasteiger partial charge on any atom is 0.255 e. The van der Waals surface area contributed by atoms with Crippen molar-refractivity contribution in [3.63, 3.8) is 0 Å². The molecular formula is C14H11FINO. The second kappa shape index (κ2) is 5.48. The Labute approximate surface area is 118 Å². The number of rotatable bonds is 2. The first-order valence-corrected chi connectivity index (χ1v) is 6.47. The fourth-order valence-electron chi connectivity index (χ4n) is 1.59. The van der Waals surface area contributed by atoms with Crippen LogP contribution in [0.25, 0.3) is 0 Å². The van der Waals surface area contributed by atoms with Gasteiger partial charge in [0, 0.05) is 14.8 Å². The smallest absolute Gasteiger partial charge is 0.255 e. The Morgan fingerprint density at radius 2 is 2.00 bits per heavy atom. The van der Waals surface area contributed by atoms with E-state index in [-0.39, 0.29) is 5.91 Å². The number of amides is 1. The number of carbonyl (C=O) groups excluding carboxylic acids is 1. The van der Waals surface area contributed by atoms with Gasteiger partial charge in [-0.05, 0) is 71.5 Å². The summed E-state index contributed by atoms with van der Waals surface area (Å²) in [4.78, 5) is 11.9. The molecule has 0 saturated heterocycles. The van der Waals surface area contributed by atoms with Gasteiger partial charge in [0.25, 0.3) is 5.91 Å². The third-order valence-corrected chi connectivity index (χ3v) is 3.19. The standard InChI is InChI=1S/C14H11FINO/c1-9-7-12(16)5-6-13(9)17-14(18)10-3-2-4-11(15)8-10/h2-8H,1H3,(H,17,18). The number of hydrogen-bond donors (Lipinski definition) is 1. The maximum absolute atomic E-state index is 13.0. The molecule has 0 heterocycles. The van der Waals surface area contributed by atoms with Gasteiger partial charge in [-0.3, -0.25) is 4.79 Å². The van der Waals surface area contributed by atoms with Gasteiger partial charge < -0.3 is 5.32 Å². The van der Waals surface area contributed by atoms with Crippen molar-refractivity contribution in [1.29, 1.82) is 0 Å². The number of anilines is 1. The van der Waals surface area contributed by atoms with Crippen molar-refractivity contribution < 1.29 is 9.18 Å². The van der Waals surface area contributed by atoms with Gasteiger partial charge in [-0.1, -0.05) is 6.07 Å². The Balaban J connectivity index is 2.21. The number of hydrogen-bond acceptors (Lipinski definition) is 1. The number of aryl methyl sites for hydroxylation is 1. The molecule has 0 bridgehead atoms. The van der Waals surface area contributed by atoms with Crippen LogP contribution in [0.5, 0.6) is 0 Å². The second-order valence-corrected chi connectivity index (χ2v) is 5.17. The topological polar surface area (TPSA) is 29.1 Å². The molecule has 0 radical (unpaired) electrons. The third-order valence-electron chi connectivity index (χ3n) is 2.52. The lowest BCUT2D eigenvalue weighted by Crippen LogP contribution is -2.12. The average Bonchev–Trinajstić information content (AvgIpc) is 2.32. The molecule has 1 amide bonds. The van der Waals surface area contributed by atoms with Crippen LogP contribution < -0.4 is 5.32 Å². The molecule has 0 fully saturated rings. The average molecular weight is 355 g/mol.